The normalized spacial score (nSPS) is 14.6. The molecule has 0 unspecified atom stereocenters. The molecule has 0 aliphatic heterocycles. The number of hydrogen-bond acceptors (Lipinski definition) is 2. The lowest BCUT2D eigenvalue weighted by atomic mass is 10.1. The van der Waals surface area contributed by atoms with E-state index >= 15 is 0 Å². The van der Waals surface area contributed by atoms with Crippen LogP contribution in [-0.4, -0.2) is 29.9 Å². The number of nitrogens with zero attached hydrogens (tertiary/aromatic N) is 1. The van der Waals surface area contributed by atoms with Crippen LogP contribution in [0.1, 0.15) is 24.8 Å². The molecule has 2 rings (SSSR count). The Bertz CT molecular complexity index is 401. The van der Waals surface area contributed by atoms with Gasteiger partial charge in [0, 0.05) is 12.6 Å². The number of rotatable bonds is 6. The zero-order valence-electron chi connectivity index (χ0n) is 10.4. The number of nitrogens with two attached hydrogens (primary N) is 1. The third kappa shape index (κ3) is 3.53. The van der Waals surface area contributed by atoms with Gasteiger partial charge in [0.25, 0.3) is 0 Å². The highest BCUT2D eigenvalue weighted by Gasteiger charge is 2.31. The summed E-state index contributed by atoms with van der Waals surface area (Å²) in [6.45, 7) is 1.34. The molecule has 1 saturated carbocycles. The first-order chi connectivity index (χ1) is 8.70. The van der Waals surface area contributed by atoms with E-state index in [-0.39, 0.29) is 11.7 Å². The number of amides is 1. The van der Waals surface area contributed by atoms with Crippen LogP contribution < -0.4 is 5.73 Å². The Labute approximate surface area is 107 Å². The maximum atomic E-state index is 12.8. The van der Waals surface area contributed by atoms with Gasteiger partial charge in [0.2, 0.25) is 5.91 Å². The van der Waals surface area contributed by atoms with Gasteiger partial charge in [0.1, 0.15) is 5.82 Å². The molecular formula is C14H19FN2O. The lowest BCUT2D eigenvalue weighted by Crippen LogP contribution is -2.36. The van der Waals surface area contributed by atoms with Gasteiger partial charge < -0.3 is 10.6 Å². The zero-order chi connectivity index (χ0) is 13.0. The van der Waals surface area contributed by atoms with Crippen LogP contribution in [0, 0.1) is 5.82 Å². The third-order valence-electron chi connectivity index (χ3n) is 3.18. The summed E-state index contributed by atoms with van der Waals surface area (Å²) in [5.74, 6) is -0.147. The minimum atomic E-state index is -0.270. The van der Waals surface area contributed by atoms with Gasteiger partial charge in [-0.25, -0.2) is 4.39 Å². The Balaban J connectivity index is 1.93. The molecule has 1 aliphatic rings. The Hall–Kier alpha value is -1.42. The van der Waals surface area contributed by atoms with Gasteiger partial charge in [-0.15, -0.1) is 0 Å². The van der Waals surface area contributed by atoms with Gasteiger partial charge in [0.15, 0.2) is 0 Å². The monoisotopic (exact) mass is 250 g/mol. The Morgan fingerprint density at radius 1 is 1.33 bits per heavy atom. The molecule has 98 valence electrons. The standard InChI is InChI=1S/C14H19FN2O/c15-12-4-2-11(3-5-12)10-14(18)17(9-1-8-16)13-6-7-13/h2-5,13H,1,6-10,16H2. The molecule has 0 atom stereocenters. The minimum absolute atomic E-state index is 0.123. The number of carbonyl (C=O) groups is 1. The van der Waals surface area contributed by atoms with Crippen molar-refractivity contribution >= 4 is 5.91 Å². The van der Waals surface area contributed by atoms with Gasteiger partial charge in [0.05, 0.1) is 6.42 Å². The van der Waals surface area contributed by atoms with E-state index < -0.39 is 0 Å². The average Bonchev–Trinajstić information content (AvgIpc) is 3.17. The van der Waals surface area contributed by atoms with Crippen molar-refractivity contribution in [2.75, 3.05) is 13.1 Å². The molecule has 0 spiro atoms. The Morgan fingerprint density at radius 3 is 2.56 bits per heavy atom. The second kappa shape index (κ2) is 5.96. The first kappa shape index (κ1) is 13.0. The fourth-order valence-electron chi connectivity index (χ4n) is 2.04. The van der Waals surface area contributed by atoms with Crippen molar-refractivity contribution < 1.29 is 9.18 Å². The summed E-state index contributed by atoms with van der Waals surface area (Å²) in [7, 11) is 0. The van der Waals surface area contributed by atoms with E-state index in [1.54, 1.807) is 12.1 Å². The summed E-state index contributed by atoms with van der Waals surface area (Å²) < 4.78 is 12.8. The van der Waals surface area contributed by atoms with Gasteiger partial charge >= 0.3 is 0 Å². The van der Waals surface area contributed by atoms with Crippen LogP contribution in [0.15, 0.2) is 24.3 Å². The highest BCUT2D eigenvalue weighted by atomic mass is 19.1. The van der Waals surface area contributed by atoms with Crippen LogP contribution in [0.3, 0.4) is 0 Å². The van der Waals surface area contributed by atoms with Gasteiger partial charge in [-0.3, -0.25) is 4.79 Å². The Morgan fingerprint density at radius 2 is 2.00 bits per heavy atom. The van der Waals surface area contributed by atoms with Gasteiger partial charge in [-0.1, -0.05) is 12.1 Å². The van der Waals surface area contributed by atoms with E-state index in [4.69, 9.17) is 5.73 Å². The predicted octanol–water partition coefficient (Wildman–Crippen LogP) is 1.71. The highest BCUT2D eigenvalue weighted by Crippen LogP contribution is 2.27. The van der Waals surface area contributed by atoms with E-state index in [2.05, 4.69) is 0 Å². The summed E-state index contributed by atoms with van der Waals surface area (Å²) in [6, 6.07) is 6.53. The van der Waals surface area contributed by atoms with Crippen LogP contribution in [0.2, 0.25) is 0 Å². The molecule has 0 saturated heterocycles. The second-order valence-electron chi connectivity index (χ2n) is 4.76. The molecule has 3 nitrogen and oxygen atoms in total. The van der Waals surface area contributed by atoms with Crippen LogP contribution in [0.25, 0.3) is 0 Å². The van der Waals surface area contributed by atoms with E-state index in [1.807, 2.05) is 4.90 Å². The molecule has 1 amide bonds. The SMILES string of the molecule is NCCCN(C(=O)Cc1ccc(F)cc1)C1CC1. The first-order valence-corrected chi connectivity index (χ1v) is 6.44. The lowest BCUT2D eigenvalue weighted by Gasteiger charge is -2.22. The van der Waals surface area contributed by atoms with Crippen molar-refractivity contribution in [1.82, 2.24) is 4.90 Å². The summed E-state index contributed by atoms with van der Waals surface area (Å²) in [4.78, 5) is 14.1. The lowest BCUT2D eigenvalue weighted by molar-refractivity contribution is -0.131. The summed E-state index contributed by atoms with van der Waals surface area (Å²) >= 11 is 0. The van der Waals surface area contributed by atoms with Crippen LogP contribution in [0.4, 0.5) is 4.39 Å². The average molecular weight is 250 g/mol. The molecular weight excluding hydrogens is 231 g/mol. The fourth-order valence-corrected chi connectivity index (χ4v) is 2.04. The molecule has 0 bridgehead atoms. The number of halogens is 1. The van der Waals surface area contributed by atoms with Crippen molar-refractivity contribution in [3.63, 3.8) is 0 Å². The zero-order valence-corrected chi connectivity index (χ0v) is 10.4. The minimum Gasteiger partial charge on any atom is -0.339 e. The molecule has 1 aromatic carbocycles. The van der Waals surface area contributed by atoms with Crippen molar-refractivity contribution in [2.24, 2.45) is 5.73 Å². The summed E-state index contributed by atoms with van der Waals surface area (Å²) in [5.41, 5.74) is 6.35. The van der Waals surface area contributed by atoms with Crippen molar-refractivity contribution in [2.45, 2.75) is 31.7 Å². The van der Waals surface area contributed by atoms with Gasteiger partial charge in [-0.05, 0) is 43.5 Å². The van der Waals surface area contributed by atoms with Crippen LogP contribution in [0.5, 0.6) is 0 Å². The topological polar surface area (TPSA) is 46.3 Å². The molecule has 18 heavy (non-hydrogen) atoms. The van der Waals surface area contributed by atoms with E-state index in [1.165, 1.54) is 12.1 Å². The molecule has 1 aromatic rings. The molecule has 0 radical (unpaired) electrons. The van der Waals surface area contributed by atoms with E-state index in [0.29, 0.717) is 19.0 Å². The van der Waals surface area contributed by atoms with Crippen LogP contribution in [-0.2, 0) is 11.2 Å². The second-order valence-corrected chi connectivity index (χ2v) is 4.76. The number of hydrogen-bond donors (Lipinski definition) is 1. The molecule has 0 heterocycles. The van der Waals surface area contributed by atoms with Crippen LogP contribution >= 0.6 is 0 Å². The van der Waals surface area contributed by atoms with Crippen molar-refractivity contribution in [3.05, 3.63) is 35.6 Å². The third-order valence-corrected chi connectivity index (χ3v) is 3.18. The quantitative estimate of drug-likeness (QED) is 0.835. The van der Waals surface area contributed by atoms with Gasteiger partial charge in [-0.2, -0.15) is 0 Å². The molecule has 4 heteroatoms. The maximum Gasteiger partial charge on any atom is 0.227 e. The number of benzene rings is 1. The smallest absolute Gasteiger partial charge is 0.227 e. The van der Waals surface area contributed by atoms with Crippen molar-refractivity contribution in [1.29, 1.82) is 0 Å². The molecule has 1 fully saturated rings. The summed E-state index contributed by atoms with van der Waals surface area (Å²) in [5, 5.41) is 0. The van der Waals surface area contributed by atoms with E-state index in [9.17, 15) is 9.18 Å². The summed E-state index contributed by atoms with van der Waals surface area (Å²) in [6.07, 6.45) is 3.38. The Kier molecular flexibility index (Phi) is 4.31. The predicted molar refractivity (Wildman–Crippen MR) is 68.5 cm³/mol. The molecule has 1 aliphatic carbocycles. The fraction of sp³-hybridized carbons (Fsp3) is 0.500. The highest BCUT2D eigenvalue weighted by molar-refractivity contribution is 5.79. The van der Waals surface area contributed by atoms with Crippen molar-refractivity contribution in [3.8, 4) is 0 Å². The first-order valence-electron chi connectivity index (χ1n) is 6.44. The van der Waals surface area contributed by atoms with E-state index in [0.717, 1.165) is 31.4 Å². The number of carbonyl (C=O) groups excluding carboxylic acids is 1. The maximum absolute atomic E-state index is 12.8. The molecule has 2 N–H and O–H groups in total. The largest absolute Gasteiger partial charge is 0.339 e. The molecule has 0 aromatic heterocycles.